The lowest BCUT2D eigenvalue weighted by molar-refractivity contribution is -0.137. The number of carbonyl (C=O) groups is 1. The second-order valence-corrected chi connectivity index (χ2v) is 5.28. The number of ether oxygens (including phenoxy) is 1. The Labute approximate surface area is 118 Å². The van der Waals surface area contributed by atoms with Crippen LogP contribution in [0.15, 0.2) is 18.2 Å². The number of benzene rings is 1. The van der Waals surface area contributed by atoms with E-state index in [1.165, 1.54) is 0 Å². The first-order valence-electron chi connectivity index (χ1n) is 6.76. The fraction of sp³-hybridized carbons (Fsp3) is 0.467. The smallest absolute Gasteiger partial charge is 0.303 e. The molecule has 108 valence electrons. The summed E-state index contributed by atoms with van der Waals surface area (Å²) in [7, 11) is 1.62. The van der Waals surface area contributed by atoms with Gasteiger partial charge in [-0.05, 0) is 18.1 Å². The van der Waals surface area contributed by atoms with Gasteiger partial charge in [-0.2, -0.15) is 0 Å². The molecule has 0 fully saturated rings. The number of nitrogens with zero attached hydrogens (tertiary/aromatic N) is 2. The Morgan fingerprint density at radius 3 is 2.80 bits per heavy atom. The Bertz CT molecular complexity index is 617. The third kappa shape index (κ3) is 3.10. The number of methoxy groups -OCH3 is 1. The molecule has 2 aromatic rings. The minimum atomic E-state index is -0.800. The zero-order valence-electron chi connectivity index (χ0n) is 12.1. The molecule has 0 saturated carbocycles. The molecule has 0 amide bonds. The highest BCUT2D eigenvalue weighted by Gasteiger charge is 2.13. The molecule has 0 aliphatic heterocycles. The molecule has 0 unspecified atom stereocenters. The molecule has 5 nitrogen and oxygen atoms in total. The second-order valence-electron chi connectivity index (χ2n) is 5.28. The van der Waals surface area contributed by atoms with Gasteiger partial charge in [0.2, 0.25) is 0 Å². The van der Waals surface area contributed by atoms with E-state index in [4.69, 9.17) is 9.84 Å². The summed E-state index contributed by atoms with van der Waals surface area (Å²) in [6, 6.07) is 5.77. The van der Waals surface area contributed by atoms with Crippen LogP contribution in [-0.2, 0) is 17.8 Å². The lowest BCUT2D eigenvalue weighted by Crippen LogP contribution is -2.10. The third-order valence-corrected chi connectivity index (χ3v) is 3.14. The van der Waals surface area contributed by atoms with Gasteiger partial charge in [-0.1, -0.05) is 13.8 Å². The number of carboxylic acid groups (broad SMARTS) is 1. The predicted molar refractivity (Wildman–Crippen MR) is 77.1 cm³/mol. The third-order valence-electron chi connectivity index (χ3n) is 3.14. The number of aryl methyl sites for hydroxylation is 1. The number of aliphatic carboxylic acids is 1. The van der Waals surface area contributed by atoms with Crippen molar-refractivity contribution in [1.82, 2.24) is 9.55 Å². The van der Waals surface area contributed by atoms with Crippen molar-refractivity contribution in [3.63, 3.8) is 0 Å². The first-order valence-corrected chi connectivity index (χ1v) is 6.76. The Hall–Kier alpha value is -2.04. The molecule has 20 heavy (non-hydrogen) atoms. The van der Waals surface area contributed by atoms with Crippen molar-refractivity contribution >= 4 is 17.0 Å². The number of carboxylic acids is 1. The average molecular weight is 276 g/mol. The molecule has 0 spiro atoms. The van der Waals surface area contributed by atoms with Gasteiger partial charge < -0.3 is 14.4 Å². The fourth-order valence-corrected chi connectivity index (χ4v) is 2.26. The molecule has 0 saturated heterocycles. The predicted octanol–water partition coefficient (Wildman–Crippen LogP) is 2.72. The van der Waals surface area contributed by atoms with E-state index >= 15 is 0 Å². The lowest BCUT2D eigenvalue weighted by atomic mass is 10.2. The van der Waals surface area contributed by atoms with Crippen LogP contribution in [0.3, 0.4) is 0 Å². The van der Waals surface area contributed by atoms with Crippen LogP contribution in [0.4, 0.5) is 0 Å². The van der Waals surface area contributed by atoms with Gasteiger partial charge in [0.15, 0.2) is 0 Å². The van der Waals surface area contributed by atoms with E-state index in [0.29, 0.717) is 12.3 Å². The number of hydrogen-bond donors (Lipinski definition) is 1. The minimum absolute atomic E-state index is 0.0958. The summed E-state index contributed by atoms with van der Waals surface area (Å²) in [5.41, 5.74) is 1.88. The maximum absolute atomic E-state index is 10.8. The van der Waals surface area contributed by atoms with E-state index in [1.807, 2.05) is 18.2 Å². The van der Waals surface area contributed by atoms with E-state index in [1.54, 1.807) is 7.11 Å². The molecule has 0 radical (unpaired) electrons. The van der Waals surface area contributed by atoms with Crippen LogP contribution in [0.5, 0.6) is 5.75 Å². The van der Waals surface area contributed by atoms with E-state index in [-0.39, 0.29) is 6.42 Å². The highest BCUT2D eigenvalue weighted by atomic mass is 16.5. The molecule has 1 N–H and O–H groups in total. The molecule has 1 heterocycles. The monoisotopic (exact) mass is 276 g/mol. The van der Waals surface area contributed by atoms with Gasteiger partial charge in [-0.25, -0.2) is 4.98 Å². The van der Waals surface area contributed by atoms with Crippen molar-refractivity contribution in [2.75, 3.05) is 7.11 Å². The van der Waals surface area contributed by atoms with Crippen LogP contribution in [0, 0.1) is 5.92 Å². The zero-order valence-corrected chi connectivity index (χ0v) is 12.1. The molecule has 0 aliphatic carbocycles. The molecule has 0 atom stereocenters. The van der Waals surface area contributed by atoms with Crippen LogP contribution in [0.2, 0.25) is 0 Å². The van der Waals surface area contributed by atoms with Crippen LogP contribution >= 0.6 is 0 Å². The van der Waals surface area contributed by atoms with Gasteiger partial charge in [0.1, 0.15) is 11.6 Å². The molecule has 2 rings (SSSR count). The van der Waals surface area contributed by atoms with Crippen molar-refractivity contribution < 1.29 is 14.6 Å². The highest BCUT2D eigenvalue weighted by Crippen LogP contribution is 2.23. The van der Waals surface area contributed by atoms with Gasteiger partial charge in [0.05, 0.1) is 24.6 Å². The fourth-order valence-electron chi connectivity index (χ4n) is 2.26. The van der Waals surface area contributed by atoms with Gasteiger partial charge in [0, 0.05) is 19.0 Å². The number of imidazole rings is 1. The lowest BCUT2D eigenvalue weighted by Gasteiger charge is -2.11. The molecular weight excluding hydrogens is 256 g/mol. The van der Waals surface area contributed by atoms with Crippen molar-refractivity contribution in [1.29, 1.82) is 0 Å². The summed E-state index contributed by atoms with van der Waals surface area (Å²) in [4.78, 5) is 15.3. The summed E-state index contributed by atoms with van der Waals surface area (Å²) in [6.07, 6.45) is 0.539. The number of aromatic nitrogens is 2. The summed E-state index contributed by atoms with van der Waals surface area (Å²) in [5.74, 6) is 1.25. The van der Waals surface area contributed by atoms with Gasteiger partial charge in [-0.3, -0.25) is 4.79 Å². The van der Waals surface area contributed by atoms with E-state index in [2.05, 4.69) is 23.4 Å². The second kappa shape index (κ2) is 5.94. The SMILES string of the molecule is COc1ccc2c(c1)nc(CCC(=O)O)n2CC(C)C. The van der Waals surface area contributed by atoms with E-state index in [0.717, 1.165) is 29.2 Å². The molecule has 1 aromatic carbocycles. The van der Waals surface area contributed by atoms with Gasteiger partial charge >= 0.3 is 5.97 Å². The van der Waals surface area contributed by atoms with Crippen molar-refractivity contribution in [2.24, 2.45) is 5.92 Å². The topological polar surface area (TPSA) is 64.3 Å². The van der Waals surface area contributed by atoms with Crippen molar-refractivity contribution in [3.8, 4) is 5.75 Å². The van der Waals surface area contributed by atoms with Gasteiger partial charge in [0.25, 0.3) is 0 Å². The average Bonchev–Trinajstić information content (AvgIpc) is 2.73. The van der Waals surface area contributed by atoms with Crippen LogP contribution in [-0.4, -0.2) is 27.7 Å². The molecular formula is C15H20N2O3. The van der Waals surface area contributed by atoms with E-state index in [9.17, 15) is 4.79 Å². The Kier molecular flexibility index (Phi) is 4.27. The normalized spacial score (nSPS) is 11.2. The molecule has 0 bridgehead atoms. The van der Waals surface area contributed by atoms with Crippen LogP contribution in [0.25, 0.3) is 11.0 Å². The number of hydrogen-bond acceptors (Lipinski definition) is 3. The molecule has 0 aliphatic rings. The number of fused-ring (bicyclic) bond motifs is 1. The minimum Gasteiger partial charge on any atom is -0.497 e. The zero-order chi connectivity index (χ0) is 14.7. The summed E-state index contributed by atoms with van der Waals surface area (Å²) in [6.45, 7) is 5.10. The standard InChI is InChI=1S/C15H20N2O3/c1-10(2)9-17-13-5-4-11(20-3)8-12(13)16-14(17)6-7-15(18)19/h4-5,8,10H,6-7,9H2,1-3H3,(H,18,19). The maximum Gasteiger partial charge on any atom is 0.303 e. The molecule has 5 heteroatoms. The van der Waals surface area contributed by atoms with Crippen LogP contribution in [0.1, 0.15) is 26.1 Å². The van der Waals surface area contributed by atoms with Crippen molar-refractivity contribution in [3.05, 3.63) is 24.0 Å². The number of rotatable bonds is 6. The quantitative estimate of drug-likeness (QED) is 0.881. The Balaban J connectivity index is 2.44. The summed E-state index contributed by atoms with van der Waals surface area (Å²) < 4.78 is 7.32. The first kappa shape index (κ1) is 14.4. The summed E-state index contributed by atoms with van der Waals surface area (Å²) in [5, 5.41) is 8.85. The summed E-state index contributed by atoms with van der Waals surface area (Å²) >= 11 is 0. The van der Waals surface area contributed by atoms with E-state index < -0.39 is 5.97 Å². The Morgan fingerprint density at radius 1 is 1.45 bits per heavy atom. The molecule has 1 aromatic heterocycles. The largest absolute Gasteiger partial charge is 0.497 e. The first-order chi connectivity index (χ1) is 9.51. The van der Waals surface area contributed by atoms with Crippen LogP contribution < -0.4 is 4.74 Å². The van der Waals surface area contributed by atoms with Gasteiger partial charge in [-0.15, -0.1) is 0 Å². The maximum atomic E-state index is 10.8. The van der Waals surface area contributed by atoms with Crippen molar-refractivity contribution in [2.45, 2.75) is 33.2 Å². The highest BCUT2D eigenvalue weighted by molar-refractivity contribution is 5.78. The Morgan fingerprint density at radius 2 is 2.20 bits per heavy atom.